The minimum atomic E-state index is 0.0543. The molecule has 0 saturated heterocycles. The van der Waals surface area contributed by atoms with Gasteiger partial charge in [-0.2, -0.15) is 0 Å². The van der Waals surface area contributed by atoms with Crippen LogP contribution in [0.3, 0.4) is 0 Å². The highest BCUT2D eigenvalue weighted by atomic mass is 16.5. The molecule has 3 nitrogen and oxygen atoms in total. The van der Waals surface area contributed by atoms with E-state index in [4.69, 9.17) is 14.6 Å². The van der Waals surface area contributed by atoms with Crippen LogP contribution >= 0.6 is 0 Å². The number of hydrogen-bond donors (Lipinski definition) is 1. The Morgan fingerprint density at radius 1 is 1.25 bits per heavy atom. The van der Waals surface area contributed by atoms with Gasteiger partial charge in [0.25, 0.3) is 0 Å². The lowest BCUT2D eigenvalue weighted by atomic mass is 10.5. The number of rotatable bonds is 5. The van der Waals surface area contributed by atoms with Crippen molar-refractivity contribution in [1.82, 2.24) is 0 Å². The fourth-order valence-corrected chi connectivity index (χ4v) is 0.495. The van der Waals surface area contributed by atoms with Gasteiger partial charge in [-0.3, -0.25) is 0 Å². The second-order valence-electron chi connectivity index (χ2n) is 1.96. The summed E-state index contributed by atoms with van der Waals surface area (Å²) in [5.41, 5.74) is 0. The quantitative estimate of drug-likeness (QED) is 0.364. The van der Waals surface area contributed by atoms with Crippen molar-refractivity contribution in [1.29, 1.82) is 0 Å². The summed E-state index contributed by atoms with van der Waals surface area (Å²) in [7, 11) is 1.60. The Morgan fingerprint density at radius 3 is 2.67 bits per heavy atom. The molecule has 0 heterocycles. The maximum atomic E-state index is 8.35. The van der Waals surface area contributed by atoms with E-state index in [-0.39, 0.29) is 6.61 Å². The maximum absolute atomic E-state index is 8.35. The van der Waals surface area contributed by atoms with Crippen LogP contribution in [0.1, 0.15) is 0 Å². The Kier molecular flexibility index (Phi) is 9.48. The molecule has 0 spiro atoms. The topological polar surface area (TPSA) is 38.7 Å². The summed E-state index contributed by atoms with van der Waals surface area (Å²) < 4.78 is 9.77. The van der Waals surface area contributed by atoms with E-state index in [0.29, 0.717) is 19.8 Å². The third kappa shape index (κ3) is 9.18. The van der Waals surface area contributed by atoms with E-state index in [2.05, 4.69) is 11.8 Å². The van der Waals surface area contributed by atoms with Gasteiger partial charge in [0.15, 0.2) is 0 Å². The molecular weight excluding hydrogens is 156 g/mol. The fourth-order valence-electron chi connectivity index (χ4n) is 0.495. The van der Waals surface area contributed by atoms with E-state index in [1.165, 1.54) is 0 Å². The predicted molar refractivity (Wildman–Crippen MR) is 46.7 cm³/mol. The first kappa shape index (κ1) is 11.2. The van der Waals surface area contributed by atoms with Crippen LogP contribution in [-0.4, -0.2) is 38.6 Å². The van der Waals surface area contributed by atoms with Crippen molar-refractivity contribution in [3.05, 3.63) is 12.2 Å². The van der Waals surface area contributed by atoms with Crippen LogP contribution in [0.15, 0.2) is 12.2 Å². The number of methoxy groups -OCH3 is 1. The molecule has 3 heteroatoms. The molecule has 0 radical (unpaired) electrons. The average molecular weight is 170 g/mol. The Morgan fingerprint density at radius 2 is 2.00 bits per heavy atom. The second-order valence-corrected chi connectivity index (χ2v) is 1.96. The second kappa shape index (κ2) is 10.2. The van der Waals surface area contributed by atoms with Gasteiger partial charge in [-0.05, 0) is 0 Å². The van der Waals surface area contributed by atoms with Crippen molar-refractivity contribution < 1.29 is 14.6 Å². The van der Waals surface area contributed by atoms with Crippen molar-refractivity contribution in [3.8, 4) is 11.8 Å². The van der Waals surface area contributed by atoms with E-state index in [1.807, 2.05) is 0 Å². The SMILES string of the molecule is COCC#CCOCC=CCO. The summed E-state index contributed by atoms with van der Waals surface area (Å²) in [4.78, 5) is 0. The van der Waals surface area contributed by atoms with Crippen LogP contribution < -0.4 is 0 Å². The zero-order valence-electron chi connectivity index (χ0n) is 7.25. The number of hydrogen-bond acceptors (Lipinski definition) is 3. The van der Waals surface area contributed by atoms with Crippen LogP contribution in [0.2, 0.25) is 0 Å². The molecule has 0 aliphatic heterocycles. The van der Waals surface area contributed by atoms with Gasteiger partial charge < -0.3 is 14.6 Å². The van der Waals surface area contributed by atoms with Gasteiger partial charge in [-0.15, -0.1) is 0 Å². The van der Waals surface area contributed by atoms with Crippen LogP contribution in [0.4, 0.5) is 0 Å². The van der Waals surface area contributed by atoms with E-state index in [0.717, 1.165) is 0 Å². The van der Waals surface area contributed by atoms with Crippen molar-refractivity contribution in [2.75, 3.05) is 33.5 Å². The number of aliphatic hydroxyl groups is 1. The summed E-state index contributed by atoms with van der Waals surface area (Å²) in [5.74, 6) is 5.52. The summed E-state index contributed by atoms with van der Waals surface area (Å²) in [5, 5.41) is 8.35. The molecule has 0 atom stereocenters. The highest BCUT2D eigenvalue weighted by molar-refractivity contribution is 4.99. The normalized spacial score (nSPS) is 9.83. The first-order chi connectivity index (χ1) is 5.91. The lowest BCUT2D eigenvalue weighted by Crippen LogP contribution is -1.92. The molecule has 0 saturated carbocycles. The van der Waals surface area contributed by atoms with Crippen LogP contribution in [-0.2, 0) is 9.47 Å². The zero-order valence-corrected chi connectivity index (χ0v) is 7.25. The number of ether oxygens (including phenoxy) is 2. The van der Waals surface area contributed by atoms with E-state index < -0.39 is 0 Å². The summed E-state index contributed by atoms with van der Waals surface area (Å²) in [6, 6.07) is 0. The minimum absolute atomic E-state index is 0.0543. The minimum Gasteiger partial charge on any atom is -0.392 e. The molecule has 0 aliphatic carbocycles. The van der Waals surface area contributed by atoms with E-state index >= 15 is 0 Å². The van der Waals surface area contributed by atoms with Gasteiger partial charge in [0.05, 0.1) is 13.2 Å². The van der Waals surface area contributed by atoms with E-state index in [9.17, 15) is 0 Å². The van der Waals surface area contributed by atoms with Crippen LogP contribution in [0, 0.1) is 11.8 Å². The van der Waals surface area contributed by atoms with Gasteiger partial charge in [0.2, 0.25) is 0 Å². The molecule has 0 fully saturated rings. The van der Waals surface area contributed by atoms with Gasteiger partial charge in [-0.25, -0.2) is 0 Å². The molecule has 0 aromatic carbocycles. The van der Waals surface area contributed by atoms with Crippen molar-refractivity contribution in [3.63, 3.8) is 0 Å². The highest BCUT2D eigenvalue weighted by Crippen LogP contribution is 1.76. The standard InChI is InChI=1S/C9H14O3/c1-11-7-4-5-9-12-8-3-2-6-10/h2-3,10H,6-9H2,1H3. The summed E-state index contributed by atoms with van der Waals surface area (Å²) in [6.45, 7) is 1.38. The molecule has 0 rings (SSSR count). The van der Waals surface area contributed by atoms with Crippen molar-refractivity contribution in [2.45, 2.75) is 0 Å². The maximum Gasteiger partial charge on any atom is 0.108 e. The molecule has 0 bridgehead atoms. The first-order valence-corrected chi connectivity index (χ1v) is 3.70. The van der Waals surface area contributed by atoms with Gasteiger partial charge in [-0.1, -0.05) is 24.0 Å². The van der Waals surface area contributed by atoms with Crippen molar-refractivity contribution in [2.24, 2.45) is 0 Å². The highest BCUT2D eigenvalue weighted by Gasteiger charge is 1.76. The van der Waals surface area contributed by atoms with Crippen LogP contribution in [0.5, 0.6) is 0 Å². The third-order valence-electron chi connectivity index (χ3n) is 1.00. The van der Waals surface area contributed by atoms with Gasteiger partial charge >= 0.3 is 0 Å². The fraction of sp³-hybridized carbons (Fsp3) is 0.556. The molecule has 0 aliphatic rings. The summed E-state index contributed by atoms with van der Waals surface area (Å²) >= 11 is 0. The molecule has 12 heavy (non-hydrogen) atoms. The molecule has 0 aromatic rings. The monoisotopic (exact) mass is 170 g/mol. The lowest BCUT2D eigenvalue weighted by molar-refractivity contribution is 0.197. The molecule has 1 N–H and O–H groups in total. The van der Waals surface area contributed by atoms with Gasteiger partial charge in [0, 0.05) is 7.11 Å². The molecular formula is C9H14O3. The number of aliphatic hydroxyl groups excluding tert-OH is 1. The molecule has 0 unspecified atom stereocenters. The average Bonchev–Trinajstić information content (AvgIpc) is 2.10. The Balaban J connectivity index is 3.11. The Hall–Kier alpha value is -0.820. The molecule has 68 valence electrons. The van der Waals surface area contributed by atoms with Gasteiger partial charge in [0.1, 0.15) is 13.2 Å². The summed E-state index contributed by atoms with van der Waals surface area (Å²) in [6.07, 6.45) is 3.38. The predicted octanol–water partition coefficient (Wildman–Crippen LogP) is 0.201. The molecule has 0 aromatic heterocycles. The van der Waals surface area contributed by atoms with Crippen molar-refractivity contribution >= 4 is 0 Å². The largest absolute Gasteiger partial charge is 0.392 e. The van der Waals surface area contributed by atoms with Crippen LogP contribution in [0.25, 0.3) is 0 Å². The Labute approximate surface area is 73.0 Å². The zero-order chi connectivity index (χ0) is 9.07. The van der Waals surface area contributed by atoms with E-state index in [1.54, 1.807) is 19.3 Å². The smallest absolute Gasteiger partial charge is 0.108 e. The molecule has 0 amide bonds. The third-order valence-corrected chi connectivity index (χ3v) is 1.00. The lowest BCUT2D eigenvalue weighted by Gasteiger charge is -1.91. The Bertz CT molecular complexity index is 164. The first-order valence-electron chi connectivity index (χ1n) is 3.70.